The highest BCUT2D eigenvalue weighted by Gasteiger charge is 2.35. The Kier molecular flexibility index (Phi) is 7.04. The molecule has 0 radical (unpaired) electrons. The van der Waals surface area contributed by atoms with Crippen molar-refractivity contribution < 1.29 is 19.1 Å². The minimum absolute atomic E-state index is 0.131. The van der Waals surface area contributed by atoms with Crippen LogP contribution in [0.15, 0.2) is 36.4 Å². The number of rotatable bonds is 7. The maximum atomic E-state index is 12.7. The summed E-state index contributed by atoms with van der Waals surface area (Å²) in [6, 6.07) is 7.23. The quantitative estimate of drug-likeness (QED) is 0.600. The van der Waals surface area contributed by atoms with Crippen LogP contribution in [0.25, 0.3) is 0 Å². The number of carbonyl (C=O) groups is 2. The number of benzene rings is 1. The summed E-state index contributed by atoms with van der Waals surface area (Å²) < 4.78 is 10.8. The Labute approximate surface area is 149 Å². The number of esters is 1. The molecule has 136 valence electrons. The van der Waals surface area contributed by atoms with E-state index < -0.39 is 11.8 Å². The van der Waals surface area contributed by atoms with E-state index in [1.165, 1.54) is 0 Å². The molecule has 25 heavy (non-hydrogen) atoms. The van der Waals surface area contributed by atoms with Crippen LogP contribution in [0.5, 0.6) is 5.75 Å². The van der Waals surface area contributed by atoms with Gasteiger partial charge in [-0.25, -0.2) is 0 Å². The molecule has 0 aliphatic heterocycles. The molecule has 0 saturated heterocycles. The van der Waals surface area contributed by atoms with E-state index in [4.69, 9.17) is 9.47 Å². The Morgan fingerprint density at radius 1 is 1.12 bits per heavy atom. The molecule has 5 nitrogen and oxygen atoms in total. The van der Waals surface area contributed by atoms with Crippen molar-refractivity contribution in [2.24, 2.45) is 11.8 Å². The van der Waals surface area contributed by atoms with Gasteiger partial charge in [-0.15, -0.1) is 0 Å². The molecule has 0 heterocycles. The topological polar surface area (TPSA) is 64.6 Å². The maximum Gasteiger partial charge on any atom is 0.310 e. The largest absolute Gasteiger partial charge is 0.494 e. The fourth-order valence-electron chi connectivity index (χ4n) is 2.77. The Hall–Kier alpha value is -2.30. The van der Waals surface area contributed by atoms with Crippen molar-refractivity contribution in [3.05, 3.63) is 36.4 Å². The predicted molar refractivity (Wildman–Crippen MR) is 97.4 cm³/mol. The summed E-state index contributed by atoms with van der Waals surface area (Å²) in [7, 11) is 0. The molecule has 1 aliphatic carbocycles. The lowest BCUT2D eigenvalue weighted by Crippen LogP contribution is -2.36. The minimum atomic E-state index is -0.429. The first-order valence-electron chi connectivity index (χ1n) is 8.94. The Morgan fingerprint density at radius 2 is 1.76 bits per heavy atom. The van der Waals surface area contributed by atoms with Gasteiger partial charge < -0.3 is 14.8 Å². The first kappa shape index (κ1) is 19.0. The summed E-state index contributed by atoms with van der Waals surface area (Å²) in [5, 5.41) is 2.90. The second-order valence-corrected chi connectivity index (χ2v) is 6.26. The van der Waals surface area contributed by atoms with Crippen LogP contribution in [-0.4, -0.2) is 24.6 Å². The van der Waals surface area contributed by atoms with Crippen molar-refractivity contribution in [2.45, 2.75) is 46.1 Å². The molecule has 1 N–H and O–H groups in total. The Morgan fingerprint density at radius 3 is 2.36 bits per heavy atom. The van der Waals surface area contributed by atoms with E-state index in [0.29, 0.717) is 25.1 Å². The van der Waals surface area contributed by atoms with E-state index in [-0.39, 0.29) is 18.0 Å². The summed E-state index contributed by atoms with van der Waals surface area (Å²) in [6.45, 7) is 6.35. The number of hydrogen-bond donors (Lipinski definition) is 1. The van der Waals surface area contributed by atoms with Gasteiger partial charge in [-0.3, -0.25) is 9.59 Å². The van der Waals surface area contributed by atoms with Crippen LogP contribution in [0.1, 0.15) is 40.0 Å². The normalized spacial score (nSPS) is 20.6. The zero-order chi connectivity index (χ0) is 18.2. The van der Waals surface area contributed by atoms with E-state index in [0.717, 1.165) is 12.2 Å². The average molecular weight is 345 g/mol. The van der Waals surface area contributed by atoms with Gasteiger partial charge in [0.05, 0.1) is 24.5 Å². The van der Waals surface area contributed by atoms with E-state index in [9.17, 15) is 9.59 Å². The molecule has 0 bridgehead atoms. The van der Waals surface area contributed by atoms with Crippen molar-refractivity contribution in [1.29, 1.82) is 0 Å². The van der Waals surface area contributed by atoms with Gasteiger partial charge in [-0.1, -0.05) is 19.1 Å². The zero-order valence-corrected chi connectivity index (χ0v) is 15.2. The lowest BCUT2D eigenvalue weighted by molar-refractivity contribution is -0.157. The molecule has 0 aromatic heterocycles. The standard InChI is InChI=1S/C20H27NO4/c1-4-14(3)25-20(23)18-9-7-6-8-17(18)19(22)21-15-10-12-16(13-11-15)24-5-2/h6-7,10-14,17-18H,4-5,8-9H2,1-3H3,(H,21,22)/t14-,17-,18-/m0/s1. The first-order valence-corrected chi connectivity index (χ1v) is 8.94. The van der Waals surface area contributed by atoms with Crippen molar-refractivity contribution in [3.8, 4) is 5.75 Å². The molecule has 0 fully saturated rings. The zero-order valence-electron chi connectivity index (χ0n) is 15.2. The lowest BCUT2D eigenvalue weighted by Gasteiger charge is -2.27. The molecule has 0 unspecified atom stereocenters. The third kappa shape index (κ3) is 5.34. The van der Waals surface area contributed by atoms with Gasteiger partial charge >= 0.3 is 5.97 Å². The minimum Gasteiger partial charge on any atom is -0.494 e. The number of hydrogen-bond acceptors (Lipinski definition) is 4. The van der Waals surface area contributed by atoms with Gasteiger partial charge in [0.15, 0.2) is 0 Å². The van der Waals surface area contributed by atoms with Crippen LogP contribution < -0.4 is 10.1 Å². The SMILES string of the molecule is CCOc1ccc(NC(=O)[C@H]2CC=CC[C@@H]2C(=O)O[C@@H](C)CC)cc1. The molecular formula is C20H27NO4. The summed E-state index contributed by atoms with van der Waals surface area (Å²) >= 11 is 0. The van der Waals surface area contributed by atoms with E-state index in [2.05, 4.69) is 5.32 Å². The smallest absolute Gasteiger partial charge is 0.310 e. The number of carbonyl (C=O) groups excluding carboxylic acids is 2. The van der Waals surface area contributed by atoms with Crippen LogP contribution >= 0.6 is 0 Å². The average Bonchev–Trinajstić information content (AvgIpc) is 2.63. The number of ether oxygens (including phenoxy) is 2. The van der Waals surface area contributed by atoms with Crippen molar-refractivity contribution in [1.82, 2.24) is 0 Å². The fraction of sp³-hybridized carbons (Fsp3) is 0.500. The highest BCUT2D eigenvalue weighted by Crippen LogP contribution is 2.29. The van der Waals surface area contributed by atoms with Gasteiger partial charge in [0.25, 0.3) is 0 Å². The number of allylic oxidation sites excluding steroid dienone is 2. The van der Waals surface area contributed by atoms with Crippen LogP contribution in [0.3, 0.4) is 0 Å². The molecule has 0 spiro atoms. The summed E-state index contributed by atoms with van der Waals surface area (Å²) in [5.74, 6) is -0.518. The second-order valence-electron chi connectivity index (χ2n) is 6.26. The molecular weight excluding hydrogens is 318 g/mol. The van der Waals surface area contributed by atoms with Gasteiger partial charge in [0.1, 0.15) is 5.75 Å². The fourth-order valence-corrected chi connectivity index (χ4v) is 2.77. The first-order chi connectivity index (χ1) is 12.0. The lowest BCUT2D eigenvalue weighted by atomic mass is 9.82. The number of amides is 1. The molecule has 1 aromatic carbocycles. The second kappa shape index (κ2) is 9.25. The molecule has 1 amide bonds. The van der Waals surface area contributed by atoms with E-state index >= 15 is 0 Å². The van der Waals surface area contributed by atoms with Gasteiger partial charge in [0, 0.05) is 5.69 Å². The molecule has 0 saturated carbocycles. The summed E-state index contributed by atoms with van der Waals surface area (Å²) in [5.41, 5.74) is 0.692. The Bertz CT molecular complexity index is 609. The number of nitrogens with one attached hydrogen (secondary N) is 1. The molecule has 1 aromatic rings. The van der Waals surface area contributed by atoms with Crippen molar-refractivity contribution in [3.63, 3.8) is 0 Å². The predicted octanol–water partition coefficient (Wildman–Crippen LogP) is 3.95. The van der Waals surface area contributed by atoms with Crippen LogP contribution in [-0.2, 0) is 14.3 Å². The van der Waals surface area contributed by atoms with Crippen LogP contribution in [0.2, 0.25) is 0 Å². The van der Waals surface area contributed by atoms with Crippen LogP contribution in [0.4, 0.5) is 5.69 Å². The summed E-state index contributed by atoms with van der Waals surface area (Å²) in [4.78, 5) is 25.1. The molecule has 2 rings (SSSR count). The van der Waals surface area contributed by atoms with Gasteiger partial charge in [0.2, 0.25) is 5.91 Å². The molecule has 5 heteroatoms. The van der Waals surface area contributed by atoms with Crippen molar-refractivity contribution in [2.75, 3.05) is 11.9 Å². The highest BCUT2D eigenvalue weighted by atomic mass is 16.5. The van der Waals surface area contributed by atoms with E-state index in [1.54, 1.807) is 12.1 Å². The van der Waals surface area contributed by atoms with Gasteiger partial charge in [-0.05, 0) is 57.4 Å². The highest BCUT2D eigenvalue weighted by molar-refractivity contribution is 5.95. The maximum absolute atomic E-state index is 12.7. The number of anilines is 1. The molecule has 3 atom stereocenters. The van der Waals surface area contributed by atoms with Gasteiger partial charge in [-0.2, -0.15) is 0 Å². The van der Waals surface area contributed by atoms with Crippen LogP contribution in [0, 0.1) is 11.8 Å². The van der Waals surface area contributed by atoms with Crippen molar-refractivity contribution >= 4 is 17.6 Å². The Balaban J connectivity index is 2.02. The third-order valence-electron chi connectivity index (χ3n) is 4.40. The summed E-state index contributed by atoms with van der Waals surface area (Å²) in [6.07, 6.45) is 5.61. The van der Waals surface area contributed by atoms with E-state index in [1.807, 2.05) is 45.1 Å². The molecule has 1 aliphatic rings. The monoisotopic (exact) mass is 345 g/mol. The third-order valence-corrected chi connectivity index (χ3v) is 4.40.